The molecule has 0 aliphatic carbocycles. The lowest BCUT2D eigenvalue weighted by atomic mass is 10.4. The molecular formula is C11H11N5O2. The Balaban J connectivity index is 1.83. The Bertz CT molecular complexity index is 660. The summed E-state index contributed by atoms with van der Waals surface area (Å²) in [5, 5.41) is 3.15. The van der Waals surface area contributed by atoms with Gasteiger partial charge in [-0.3, -0.25) is 0 Å². The molecule has 18 heavy (non-hydrogen) atoms. The highest BCUT2D eigenvalue weighted by molar-refractivity contribution is 5.81. The Hall–Kier alpha value is -2.57. The first-order chi connectivity index (χ1) is 8.88. The lowest BCUT2D eigenvalue weighted by molar-refractivity contribution is 0.393. The minimum Gasteiger partial charge on any atom is -0.493 e. The summed E-state index contributed by atoms with van der Waals surface area (Å²) >= 11 is 0. The highest BCUT2D eigenvalue weighted by Gasteiger charge is 2.09. The van der Waals surface area contributed by atoms with E-state index in [0.717, 1.165) is 5.52 Å². The van der Waals surface area contributed by atoms with Crippen LogP contribution in [0.2, 0.25) is 0 Å². The summed E-state index contributed by atoms with van der Waals surface area (Å²) in [6, 6.07) is 1.77. The smallest absolute Gasteiger partial charge is 0.182 e. The molecule has 0 amide bonds. The topological polar surface area (TPSA) is 88.9 Å². The Kier molecular flexibility index (Phi) is 2.56. The van der Waals surface area contributed by atoms with E-state index in [4.69, 9.17) is 9.15 Å². The summed E-state index contributed by atoms with van der Waals surface area (Å²) in [4.78, 5) is 15.2. The summed E-state index contributed by atoms with van der Waals surface area (Å²) in [6.07, 6.45) is 4.63. The van der Waals surface area contributed by atoms with Gasteiger partial charge in [-0.15, -0.1) is 0 Å². The molecule has 92 valence electrons. The summed E-state index contributed by atoms with van der Waals surface area (Å²) in [7, 11) is 1.60. The van der Waals surface area contributed by atoms with Crippen LogP contribution in [0.1, 0.15) is 5.76 Å². The Morgan fingerprint density at radius 1 is 1.39 bits per heavy atom. The van der Waals surface area contributed by atoms with Gasteiger partial charge in [-0.1, -0.05) is 0 Å². The third-order valence-electron chi connectivity index (χ3n) is 2.56. The third-order valence-corrected chi connectivity index (χ3v) is 2.56. The van der Waals surface area contributed by atoms with Crippen LogP contribution in [-0.4, -0.2) is 27.0 Å². The second-order valence-corrected chi connectivity index (χ2v) is 3.59. The van der Waals surface area contributed by atoms with Crippen LogP contribution in [0.3, 0.4) is 0 Å². The highest BCUT2D eigenvalue weighted by Crippen LogP contribution is 2.21. The van der Waals surface area contributed by atoms with Gasteiger partial charge in [0.05, 0.1) is 26.2 Å². The molecule has 0 radical (unpaired) electrons. The third kappa shape index (κ3) is 1.75. The van der Waals surface area contributed by atoms with Gasteiger partial charge in [0.15, 0.2) is 23.0 Å². The normalized spacial score (nSPS) is 10.7. The monoisotopic (exact) mass is 245 g/mol. The van der Waals surface area contributed by atoms with Gasteiger partial charge in [-0.05, 0) is 0 Å². The van der Waals surface area contributed by atoms with E-state index >= 15 is 0 Å². The lowest BCUT2D eigenvalue weighted by Crippen LogP contribution is -2.02. The standard InChI is InChI=1S/C11H11N5O2/c1-17-7-2-3-18-8(7)4-12-10-9-11(14-5-13-9)16-6-15-10/h2-3,5-6H,4H2,1H3,(H2,12,13,14,15,16). The van der Waals surface area contributed by atoms with Gasteiger partial charge < -0.3 is 19.5 Å². The number of hydrogen-bond acceptors (Lipinski definition) is 6. The minimum absolute atomic E-state index is 0.474. The first-order valence-electron chi connectivity index (χ1n) is 5.37. The van der Waals surface area contributed by atoms with Gasteiger partial charge in [0.1, 0.15) is 11.8 Å². The average Bonchev–Trinajstić information content (AvgIpc) is 3.04. The van der Waals surface area contributed by atoms with Crippen molar-refractivity contribution in [1.29, 1.82) is 0 Å². The second kappa shape index (κ2) is 4.36. The molecule has 0 saturated heterocycles. The maximum Gasteiger partial charge on any atom is 0.182 e. The molecule has 0 aromatic carbocycles. The quantitative estimate of drug-likeness (QED) is 0.725. The lowest BCUT2D eigenvalue weighted by Gasteiger charge is -2.05. The number of methoxy groups -OCH3 is 1. The van der Waals surface area contributed by atoms with Crippen LogP contribution >= 0.6 is 0 Å². The van der Waals surface area contributed by atoms with E-state index in [-0.39, 0.29) is 0 Å². The molecule has 3 aromatic heterocycles. The first-order valence-corrected chi connectivity index (χ1v) is 5.37. The van der Waals surface area contributed by atoms with E-state index in [0.29, 0.717) is 29.5 Å². The van der Waals surface area contributed by atoms with Crippen LogP contribution in [0, 0.1) is 0 Å². The zero-order chi connectivity index (χ0) is 12.4. The number of H-pyrrole nitrogens is 1. The molecule has 7 nitrogen and oxygen atoms in total. The van der Waals surface area contributed by atoms with Crippen molar-refractivity contribution in [2.75, 3.05) is 12.4 Å². The van der Waals surface area contributed by atoms with Crippen LogP contribution in [-0.2, 0) is 6.54 Å². The number of furan rings is 1. The van der Waals surface area contributed by atoms with Crippen molar-refractivity contribution >= 4 is 17.0 Å². The molecular weight excluding hydrogens is 234 g/mol. The van der Waals surface area contributed by atoms with Gasteiger partial charge in [0.25, 0.3) is 0 Å². The van der Waals surface area contributed by atoms with Crippen molar-refractivity contribution in [3.63, 3.8) is 0 Å². The van der Waals surface area contributed by atoms with Crippen LogP contribution in [0.25, 0.3) is 11.2 Å². The molecule has 0 saturated carbocycles. The largest absolute Gasteiger partial charge is 0.493 e. The van der Waals surface area contributed by atoms with E-state index in [2.05, 4.69) is 25.3 Å². The van der Waals surface area contributed by atoms with Crippen LogP contribution in [0.15, 0.2) is 29.4 Å². The molecule has 3 aromatic rings. The van der Waals surface area contributed by atoms with Crippen molar-refractivity contribution in [3.05, 3.63) is 30.7 Å². The summed E-state index contributed by atoms with van der Waals surface area (Å²) in [5.74, 6) is 2.09. The van der Waals surface area contributed by atoms with Crippen LogP contribution in [0.4, 0.5) is 5.82 Å². The number of anilines is 1. The van der Waals surface area contributed by atoms with Crippen molar-refractivity contribution < 1.29 is 9.15 Å². The SMILES string of the molecule is COc1ccoc1CNc1ncnc2nc[nH]c12. The van der Waals surface area contributed by atoms with E-state index in [1.54, 1.807) is 25.8 Å². The van der Waals surface area contributed by atoms with Crippen LogP contribution in [0.5, 0.6) is 5.75 Å². The maximum atomic E-state index is 5.31. The molecule has 0 unspecified atom stereocenters. The fourth-order valence-electron chi connectivity index (χ4n) is 1.70. The number of aromatic nitrogens is 4. The van der Waals surface area contributed by atoms with E-state index in [1.165, 1.54) is 6.33 Å². The van der Waals surface area contributed by atoms with Gasteiger partial charge in [0.2, 0.25) is 0 Å². The van der Waals surface area contributed by atoms with Gasteiger partial charge >= 0.3 is 0 Å². The zero-order valence-corrected chi connectivity index (χ0v) is 9.67. The van der Waals surface area contributed by atoms with Gasteiger partial charge in [-0.25, -0.2) is 15.0 Å². The molecule has 0 aliphatic heterocycles. The van der Waals surface area contributed by atoms with Gasteiger partial charge in [-0.2, -0.15) is 0 Å². The van der Waals surface area contributed by atoms with Gasteiger partial charge in [0, 0.05) is 6.07 Å². The number of fused-ring (bicyclic) bond motifs is 1. The maximum absolute atomic E-state index is 5.31. The van der Waals surface area contributed by atoms with Crippen molar-refractivity contribution in [2.24, 2.45) is 0 Å². The molecule has 0 bridgehead atoms. The van der Waals surface area contributed by atoms with Crippen molar-refractivity contribution in [1.82, 2.24) is 19.9 Å². The predicted molar refractivity (Wildman–Crippen MR) is 64.3 cm³/mol. The molecule has 2 N–H and O–H groups in total. The Morgan fingerprint density at radius 2 is 2.33 bits per heavy atom. The molecule has 0 spiro atoms. The number of hydrogen-bond donors (Lipinski definition) is 2. The molecule has 3 heterocycles. The molecule has 0 fully saturated rings. The van der Waals surface area contributed by atoms with Crippen molar-refractivity contribution in [3.8, 4) is 5.75 Å². The Morgan fingerprint density at radius 3 is 3.22 bits per heavy atom. The van der Waals surface area contributed by atoms with E-state index < -0.39 is 0 Å². The molecule has 7 heteroatoms. The second-order valence-electron chi connectivity index (χ2n) is 3.59. The van der Waals surface area contributed by atoms with Crippen LogP contribution < -0.4 is 10.1 Å². The number of aromatic amines is 1. The first kappa shape index (κ1) is 10.6. The molecule has 0 aliphatic rings. The number of nitrogens with one attached hydrogen (secondary N) is 2. The fraction of sp³-hybridized carbons (Fsp3) is 0.182. The summed E-state index contributed by atoms with van der Waals surface area (Å²) in [5.41, 5.74) is 1.39. The predicted octanol–water partition coefficient (Wildman–Crippen LogP) is 1.57. The number of ether oxygens (including phenoxy) is 1. The number of imidazole rings is 1. The Labute approximate surface area is 102 Å². The molecule has 3 rings (SSSR count). The molecule has 0 atom stereocenters. The number of nitrogens with zero attached hydrogens (tertiary/aromatic N) is 3. The average molecular weight is 245 g/mol. The summed E-state index contributed by atoms with van der Waals surface area (Å²) < 4.78 is 10.5. The fourth-order valence-corrected chi connectivity index (χ4v) is 1.70. The highest BCUT2D eigenvalue weighted by atomic mass is 16.5. The zero-order valence-electron chi connectivity index (χ0n) is 9.67. The minimum atomic E-state index is 0.474. The van der Waals surface area contributed by atoms with E-state index in [1.807, 2.05) is 0 Å². The van der Waals surface area contributed by atoms with Crippen molar-refractivity contribution in [2.45, 2.75) is 6.54 Å². The van der Waals surface area contributed by atoms with E-state index in [9.17, 15) is 0 Å². The number of rotatable bonds is 4. The summed E-state index contributed by atoms with van der Waals surface area (Å²) in [6.45, 7) is 0.474.